The van der Waals surface area contributed by atoms with Crippen LogP contribution in [0.15, 0.2) is 53.5 Å². The van der Waals surface area contributed by atoms with Gasteiger partial charge in [-0.3, -0.25) is 14.1 Å². The molecule has 10 nitrogen and oxygen atoms in total. The predicted molar refractivity (Wildman–Crippen MR) is 150 cm³/mol. The molecule has 216 valence electrons. The van der Waals surface area contributed by atoms with Crippen LogP contribution in [-0.4, -0.2) is 53.1 Å². The van der Waals surface area contributed by atoms with E-state index in [4.69, 9.17) is 5.73 Å². The van der Waals surface area contributed by atoms with Crippen molar-refractivity contribution < 1.29 is 21.6 Å². The molecule has 1 saturated heterocycles. The normalized spacial score (nSPS) is 15.9. The minimum absolute atomic E-state index is 0.0210. The number of alkyl halides is 1. The van der Waals surface area contributed by atoms with Gasteiger partial charge in [0.2, 0.25) is 5.95 Å². The maximum atomic E-state index is 15.6. The Balaban J connectivity index is 1.42. The number of fused-ring (bicyclic) bond motifs is 1. The van der Waals surface area contributed by atoms with Gasteiger partial charge in [0, 0.05) is 44.8 Å². The zero-order chi connectivity index (χ0) is 29.3. The van der Waals surface area contributed by atoms with E-state index in [9.17, 15) is 22.0 Å². The quantitative estimate of drug-likeness (QED) is 0.274. The summed E-state index contributed by atoms with van der Waals surface area (Å²) in [6.45, 7) is 0.510. The molecule has 0 spiro atoms. The van der Waals surface area contributed by atoms with Gasteiger partial charge in [0.25, 0.3) is 5.56 Å². The number of rotatable bonds is 9. The number of anilines is 2. The number of aryl methyl sites for hydroxylation is 1. The molecule has 1 fully saturated rings. The highest BCUT2D eigenvalue weighted by atomic mass is 32.2. The lowest BCUT2D eigenvalue weighted by molar-refractivity contribution is 0.343. The molecule has 0 saturated carbocycles. The van der Waals surface area contributed by atoms with Crippen LogP contribution in [0, 0.1) is 11.6 Å². The molecule has 2 aromatic carbocycles. The summed E-state index contributed by atoms with van der Waals surface area (Å²) in [4.78, 5) is 21.9. The van der Waals surface area contributed by atoms with Gasteiger partial charge >= 0.3 is 10.2 Å². The zero-order valence-electron chi connectivity index (χ0n) is 22.1. The van der Waals surface area contributed by atoms with Gasteiger partial charge in [-0.15, -0.1) is 0 Å². The molecule has 1 aliphatic rings. The van der Waals surface area contributed by atoms with Crippen molar-refractivity contribution in [3.8, 4) is 11.1 Å². The molecule has 0 radical (unpaired) electrons. The first-order valence-corrected chi connectivity index (χ1v) is 14.3. The van der Waals surface area contributed by atoms with Crippen LogP contribution in [0.2, 0.25) is 0 Å². The highest BCUT2D eigenvalue weighted by Crippen LogP contribution is 2.31. The standard InChI is InChI=1S/C27H28F3N7O3S/c1-36-25-18(14-33-27(34-25)32-9-7-16-3-2-4-17(11-16)13-31)12-20(26(36)38)23-21(29)5-6-22(24(23)30)35-41(39,40)37-10-8-19(28)15-37/h2-6,11-12,14,19,35H,7-10,13,15,31H2,1H3,(H,32,33,34)/t19-/m1/s1. The van der Waals surface area contributed by atoms with Gasteiger partial charge in [-0.05, 0) is 42.2 Å². The van der Waals surface area contributed by atoms with E-state index in [0.29, 0.717) is 24.9 Å². The van der Waals surface area contributed by atoms with E-state index in [2.05, 4.69) is 15.3 Å². The van der Waals surface area contributed by atoms with Gasteiger partial charge in [0.15, 0.2) is 5.82 Å². The number of hydrogen-bond donors (Lipinski definition) is 3. The molecule has 0 bridgehead atoms. The van der Waals surface area contributed by atoms with Crippen molar-refractivity contribution >= 4 is 32.9 Å². The minimum atomic E-state index is -4.30. The Hall–Kier alpha value is -4.01. The maximum absolute atomic E-state index is 15.6. The van der Waals surface area contributed by atoms with E-state index in [1.54, 1.807) is 0 Å². The first kappa shape index (κ1) is 28.5. The second-order valence-electron chi connectivity index (χ2n) is 9.73. The van der Waals surface area contributed by atoms with Gasteiger partial charge in [-0.1, -0.05) is 24.3 Å². The van der Waals surface area contributed by atoms with Gasteiger partial charge in [0.1, 0.15) is 17.6 Å². The summed E-state index contributed by atoms with van der Waals surface area (Å²) in [5.41, 5.74) is 5.66. The summed E-state index contributed by atoms with van der Waals surface area (Å²) in [7, 11) is -2.89. The molecule has 5 rings (SSSR count). The summed E-state index contributed by atoms with van der Waals surface area (Å²) in [5.74, 6) is -2.08. The first-order chi connectivity index (χ1) is 19.6. The summed E-state index contributed by atoms with van der Waals surface area (Å²) < 4.78 is 73.3. The monoisotopic (exact) mass is 587 g/mol. The minimum Gasteiger partial charge on any atom is -0.354 e. The fourth-order valence-electron chi connectivity index (χ4n) is 4.73. The Kier molecular flexibility index (Phi) is 7.98. The topological polar surface area (TPSA) is 135 Å². The Bertz CT molecular complexity index is 1780. The zero-order valence-corrected chi connectivity index (χ0v) is 22.9. The third-order valence-electron chi connectivity index (χ3n) is 6.91. The highest BCUT2D eigenvalue weighted by Gasteiger charge is 2.32. The van der Waals surface area contributed by atoms with Gasteiger partial charge in [-0.25, -0.2) is 18.2 Å². The number of nitrogens with two attached hydrogens (primary N) is 1. The molecule has 4 N–H and O–H groups in total. The Labute approximate surface area is 234 Å². The maximum Gasteiger partial charge on any atom is 0.301 e. The molecule has 2 aromatic heterocycles. The van der Waals surface area contributed by atoms with Crippen molar-refractivity contribution in [3.05, 3.63) is 81.8 Å². The third-order valence-corrected chi connectivity index (χ3v) is 8.39. The molecule has 0 aliphatic carbocycles. The third kappa shape index (κ3) is 5.89. The summed E-state index contributed by atoms with van der Waals surface area (Å²) >= 11 is 0. The lowest BCUT2D eigenvalue weighted by Gasteiger charge is -2.18. The second-order valence-corrected chi connectivity index (χ2v) is 11.4. The van der Waals surface area contributed by atoms with Crippen LogP contribution in [0.25, 0.3) is 22.2 Å². The van der Waals surface area contributed by atoms with Crippen molar-refractivity contribution in [1.82, 2.24) is 18.8 Å². The van der Waals surface area contributed by atoms with Gasteiger partial charge in [0.05, 0.1) is 16.8 Å². The van der Waals surface area contributed by atoms with Crippen molar-refractivity contribution in [1.29, 1.82) is 0 Å². The van der Waals surface area contributed by atoms with Crippen molar-refractivity contribution in [2.45, 2.75) is 25.6 Å². The number of aromatic nitrogens is 3. The highest BCUT2D eigenvalue weighted by molar-refractivity contribution is 7.90. The van der Waals surface area contributed by atoms with Crippen LogP contribution >= 0.6 is 0 Å². The number of hydrogen-bond acceptors (Lipinski definition) is 7. The largest absolute Gasteiger partial charge is 0.354 e. The Morgan fingerprint density at radius 2 is 1.93 bits per heavy atom. The molecular formula is C27H28F3N7O3S. The molecule has 0 amide bonds. The molecule has 0 unspecified atom stereocenters. The number of halogens is 3. The van der Waals surface area contributed by atoms with Crippen LogP contribution < -0.4 is 21.3 Å². The number of pyridine rings is 1. The van der Waals surface area contributed by atoms with E-state index in [1.165, 1.54) is 19.3 Å². The van der Waals surface area contributed by atoms with E-state index in [0.717, 1.165) is 32.1 Å². The van der Waals surface area contributed by atoms with E-state index >= 15 is 4.39 Å². The lowest BCUT2D eigenvalue weighted by atomic mass is 10.0. The van der Waals surface area contributed by atoms with Crippen LogP contribution in [0.1, 0.15) is 17.5 Å². The second kappa shape index (κ2) is 11.5. The van der Waals surface area contributed by atoms with Crippen molar-refractivity contribution in [3.63, 3.8) is 0 Å². The molecule has 1 atom stereocenters. The molecule has 14 heteroatoms. The lowest BCUT2D eigenvalue weighted by Crippen LogP contribution is -2.34. The average molecular weight is 588 g/mol. The van der Waals surface area contributed by atoms with E-state index in [-0.39, 0.29) is 36.7 Å². The van der Waals surface area contributed by atoms with E-state index < -0.39 is 44.8 Å². The molecule has 1 aliphatic heterocycles. The van der Waals surface area contributed by atoms with E-state index in [1.807, 2.05) is 29.0 Å². The Morgan fingerprint density at radius 1 is 1.15 bits per heavy atom. The summed E-state index contributed by atoms with van der Waals surface area (Å²) in [6, 6.07) is 10.9. The number of nitrogens with zero attached hydrogens (tertiary/aromatic N) is 4. The van der Waals surface area contributed by atoms with Gasteiger partial charge in [-0.2, -0.15) is 17.7 Å². The van der Waals surface area contributed by atoms with Crippen molar-refractivity contribution in [2.75, 3.05) is 29.7 Å². The predicted octanol–water partition coefficient (Wildman–Crippen LogP) is 3.09. The van der Waals surface area contributed by atoms with Crippen LogP contribution in [0.3, 0.4) is 0 Å². The molecule has 4 aromatic rings. The first-order valence-electron chi connectivity index (χ1n) is 12.9. The molecular weight excluding hydrogens is 559 g/mol. The summed E-state index contributed by atoms with van der Waals surface area (Å²) in [5, 5.41) is 3.44. The SMILES string of the molecule is Cn1c(=O)c(-c2c(F)ccc(NS(=O)(=O)N3CC[C@@H](F)C3)c2F)cc2cnc(NCCc3cccc(CN)c3)nc21. The summed E-state index contributed by atoms with van der Waals surface area (Å²) in [6.07, 6.45) is 0.795. The molecule has 41 heavy (non-hydrogen) atoms. The Morgan fingerprint density at radius 3 is 2.66 bits per heavy atom. The van der Waals surface area contributed by atoms with Crippen molar-refractivity contribution in [2.24, 2.45) is 12.8 Å². The fourth-order valence-corrected chi connectivity index (χ4v) is 6.00. The van der Waals surface area contributed by atoms with Gasteiger partial charge < -0.3 is 11.1 Å². The average Bonchev–Trinajstić information content (AvgIpc) is 3.40. The van der Waals surface area contributed by atoms with Crippen LogP contribution in [-0.2, 0) is 30.2 Å². The smallest absolute Gasteiger partial charge is 0.301 e. The molecule has 3 heterocycles. The van der Waals surface area contributed by atoms with Crippen LogP contribution in [0.5, 0.6) is 0 Å². The number of benzene rings is 2. The number of nitrogens with one attached hydrogen (secondary N) is 2. The fraction of sp³-hybridized carbons (Fsp3) is 0.296. The van der Waals surface area contributed by atoms with Crippen LogP contribution in [0.4, 0.5) is 24.8 Å².